The van der Waals surface area contributed by atoms with E-state index in [-0.39, 0.29) is 5.97 Å². The minimum Gasteiger partial charge on any atom is -0.469 e. The third-order valence-electron chi connectivity index (χ3n) is 3.64. The largest absolute Gasteiger partial charge is 0.469 e. The zero-order valence-corrected chi connectivity index (χ0v) is 11.4. The van der Waals surface area contributed by atoms with Crippen LogP contribution in [0.3, 0.4) is 0 Å². The van der Waals surface area contributed by atoms with Crippen molar-refractivity contribution in [2.45, 2.75) is 33.1 Å². The molecule has 0 atom stereocenters. The second-order valence-corrected chi connectivity index (χ2v) is 5.67. The first kappa shape index (κ1) is 14.5. The molecule has 1 aliphatic rings. The number of methoxy groups -OCH3 is 1. The van der Waals surface area contributed by atoms with E-state index in [2.05, 4.69) is 4.90 Å². The third-order valence-corrected chi connectivity index (χ3v) is 3.64. The highest BCUT2D eigenvalue weighted by Gasteiger charge is 2.32. The van der Waals surface area contributed by atoms with E-state index in [4.69, 9.17) is 10.5 Å². The Kier molecular flexibility index (Phi) is 5.40. The van der Waals surface area contributed by atoms with Crippen LogP contribution in [0.4, 0.5) is 0 Å². The van der Waals surface area contributed by atoms with E-state index >= 15 is 0 Å². The van der Waals surface area contributed by atoms with Crippen molar-refractivity contribution < 1.29 is 9.53 Å². The summed E-state index contributed by atoms with van der Waals surface area (Å²) in [6.07, 6.45) is 3.54. The standard InChI is InChI=1S/C13H26N2O2/c1-13(2,12(16)17-3)10-15-8-5-11(4-7-14)6-9-15/h11H,4-10,14H2,1-3H3. The maximum Gasteiger partial charge on any atom is 0.312 e. The molecule has 1 rings (SSSR count). The van der Waals surface area contributed by atoms with Gasteiger partial charge in [0.1, 0.15) is 0 Å². The van der Waals surface area contributed by atoms with E-state index in [0.29, 0.717) is 0 Å². The molecule has 1 heterocycles. The van der Waals surface area contributed by atoms with Crippen LogP contribution in [0, 0.1) is 11.3 Å². The lowest BCUT2D eigenvalue weighted by molar-refractivity contribution is -0.152. The highest BCUT2D eigenvalue weighted by Crippen LogP contribution is 2.24. The topological polar surface area (TPSA) is 55.6 Å². The Morgan fingerprint density at radius 2 is 2.00 bits per heavy atom. The molecule has 0 saturated carbocycles. The van der Waals surface area contributed by atoms with E-state index < -0.39 is 5.41 Å². The molecule has 0 unspecified atom stereocenters. The maximum absolute atomic E-state index is 11.6. The number of rotatable bonds is 5. The molecular formula is C13H26N2O2. The number of hydrogen-bond acceptors (Lipinski definition) is 4. The van der Waals surface area contributed by atoms with Gasteiger partial charge in [-0.3, -0.25) is 4.79 Å². The Balaban J connectivity index is 2.37. The van der Waals surface area contributed by atoms with Crippen molar-refractivity contribution in [3.05, 3.63) is 0 Å². The first-order valence-electron chi connectivity index (χ1n) is 6.50. The SMILES string of the molecule is COC(=O)C(C)(C)CN1CCC(CCN)CC1. The average molecular weight is 242 g/mol. The molecule has 2 N–H and O–H groups in total. The van der Waals surface area contributed by atoms with Crippen molar-refractivity contribution in [3.63, 3.8) is 0 Å². The van der Waals surface area contributed by atoms with Gasteiger partial charge in [0.15, 0.2) is 0 Å². The van der Waals surface area contributed by atoms with Crippen molar-refractivity contribution in [3.8, 4) is 0 Å². The van der Waals surface area contributed by atoms with E-state index in [9.17, 15) is 4.79 Å². The summed E-state index contributed by atoms with van der Waals surface area (Å²) in [7, 11) is 1.46. The fourth-order valence-electron chi connectivity index (χ4n) is 2.57. The fourth-order valence-corrected chi connectivity index (χ4v) is 2.57. The van der Waals surface area contributed by atoms with Gasteiger partial charge in [-0.15, -0.1) is 0 Å². The minimum absolute atomic E-state index is 0.124. The van der Waals surface area contributed by atoms with Crippen molar-refractivity contribution in [1.82, 2.24) is 4.90 Å². The smallest absolute Gasteiger partial charge is 0.312 e. The molecule has 1 saturated heterocycles. The summed E-state index contributed by atoms with van der Waals surface area (Å²) in [4.78, 5) is 14.0. The fraction of sp³-hybridized carbons (Fsp3) is 0.923. The van der Waals surface area contributed by atoms with Crippen LogP contribution in [0.2, 0.25) is 0 Å². The quantitative estimate of drug-likeness (QED) is 0.737. The summed E-state index contributed by atoms with van der Waals surface area (Å²) in [5.74, 6) is 0.652. The Bertz CT molecular complexity index is 246. The number of nitrogens with zero attached hydrogens (tertiary/aromatic N) is 1. The second-order valence-electron chi connectivity index (χ2n) is 5.67. The van der Waals surface area contributed by atoms with Gasteiger partial charge in [-0.1, -0.05) is 0 Å². The highest BCUT2D eigenvalue weighted by molar-refractivity contribution is 5.76. The molecule has 4 nitrogen and oxygen atoms in total. The maximum atomic E-state index is 11.6. The van der Waals surface area contributed by atoms with Crippen LogP contribution in [-0.4, -0.2) is 44.2 Å². The van der Waals surface area contributed by atoms with Gasteiger partial charge >= 0.3 is 5.97 Å². The van der Waals surface area contributed by atoms with Crippen LogP contribution in [0.5, 0.6) is 0 Å². The second kappa shape index (κ2) is 6.36. The summed E-state index contributed by atoms with van der Waals surface area (Å²) < 4.78 is 4.83. The Hall–Kier alpha value is -0.610. The molecule has 0 amide bonds. The van der Waals surface area contributed by atoms with Gasteiger partial charge in [-0.05, 0) is 58.7 Å². The molecule has 17 heavy (non-hydrogen) atoms. The van der Waals surface area contributed by atoms with E-state index in [1.54, 1.807) is 0 Å². The Labute approximate surface area is 104 Å². The van der Waals surface area contributed by atoms with Gasteiger partial charge in [0.05, 0.1) is 12.5 Å². The lowest BCUT2D eigenvalue weighted by Gasteiger charge is -2.36. The first-order valence-corrected chi connectivity index (χ1v) is 6.50. The molecule has 1 fully saturated rings. The number of carbonyl (C=O) groups excluding carboxylic acids is 1. The molecule has 0 aromatic rings. The number of nitrogens with two attached hydrogens (primary N) is 1. The van der Waals surface area contributed by atoms with E-state index in [1.807, 2.05) is 13.8 Å². The summed E-state index contributed by atoms with van der Waals surface area (Å²) in [5, 5.41) is 0. The number of ether oxygens (including phenoxy) is 1. The van der Waals surface area contributed by atoms with Gasteiger partial charge in [-0.25, -0.2) is 0 Å². The number of hydrogen-bond donors (Lipinski definition) is 1. The summed E-state index contributed by atoms with van der Waals surface area (Å²) in [6, 6.07) is 0. The van der Waals surface area contributed by atoms with Crippen LogP contribution in [0.15, 0.2) is 0 Å². The van der Waals surface area contributed by atoms with Crippen LogP contribution in [0.1, 0.15) is 33.1 Å². The van der Waals surface area contributed by atoms with Crippen LogP contribution < -0.4 is 5.73 Å². The zero-order chi connectivity index (χ0) is 12.9. The molecule has 100 valence electrons. The van der Waals surface area contributed by atoms with E-state index in [0.717, 1.165) is 38.5 Å². The van der Waals surface area contributed by atoms with Gasteiger partial charge < -0.3 is 15.4 Å². The lowest BCUT2D eigenvalue weighted by atomic mass is 9.89. The third kappa shape index (κ3) is 4.28. The summed E-state index contributed by atoms with van der Waals surface area (Å²) in [5.41, 5.74) is 5.17. The first-order chi connectivity index (χ1) is 7.99. The summed E-state index contributed by atoms with van der Waals surface area (Å²) in [6.45, 7) is 7.62. The van der Waals surface area contributed by atoms with Crippen molar-refractivity contribution >= 4 is 5.97 Å². The Morgan fingerprint density at radius 1 is 1.41 bits per heavy atom. The van der Waals surface area contributed by atoms with Crippen LogP contribution in [-0.2, 0) is 9.53 Å². The van der Waals surface area contributed by atoms with Gasteiger partial charge in [0, 0.05) is 6.54 Å². The van der Waals surface area contributed by atoms with Crippen molar-refractivity contribution in [2.24, 2.45) is 17.1 Å². The molecule has 0 aliphatic carbocycles. The molecule has 0 aromatic heterocycles. The molecular weight excluding hydrogens is 216 g/mol. The van der Waals surface area contributed by atoms with Gasteiger partial charge in [0.2, 0.25) is 0 Å². The normalized spacial score (nSPS) is 19.3. The predicted molar refractivity (Wildman–Crippen MR) is 68.6 cm³/mol. The number of carbonyl (C=O) groups is 1. The molecule has 0 bridgehead atoms. The monoisotopic (exact) mass is 242 g/mol. The predicted octanol–water partition coefficient (Wildman–Crippen LogP) is 1.25. The van der Waals surface area contributed by atoms with E-state index in [1.165, 1.54) is 20.0 Å². The number of piperidine rings is 1. The molecule has 1 aliphatic heterocycles. The average Bonchev–Trinajstić information content (AvgIpc) is 2.30. The Morgan fingerprint density at radius 3 is 2.47 bits per heavy atom. The molecule has 4 heteroatoms. The van der Waals surface area contributed by atoms with Crippen molar-refractivity contribution in [2.75, 3.05) is 33.3 Å². The van der Waals surface area contributed by atoms with Crippen LogP contribution >= 0.6 is 0 Å². The lowest BCUT2D eigenvalue weighted by Crippen LogP contribution is -2.43. The molecule has 0 aromatic carbocycles. The molecule has 0 radical (unpaired) electrons. The minimum atomic E-state index is -0.407. The molecule has 0 spiro atoms. The zero-order valence-electron chi connectivity index (χ0n) is 11.4. The number of esters is 1. The van der Waals surface area contributed by atoms with Gasteiger partial charge in [0.25, 0.3) is 0 Å². The number of likely N-dealkylation sites (tertiary alicyclic amines) is 1. The summed E-state index contributed by atoms with van der Waals surface area (Å²) >= 11 is 0. The van der Waals surface area contributed by atoms with Crippen LogP contribution in [0.25, 0.3) is 0 Å². The highest BCUT2D eigenvalue weighted by atomic mass is 16.5. The van der Waals surface area contributed by atoms with Gasteiger partial charge in [-0.2, -0.15) is 0 Å². The van der Waals surface area contributed by atoms with Crippen molar-refractivity contribution in [1.29, 1.82) is 0 Å².